The summed E-state index contributed by atoms with van der Waals surface area (Å²) in [7, 11) is 0. The number of esters is 1. The lowest BCUT2D eigenvalue weighted by Crippen LogP contribution is -2.37. The van der Waals surface area contributed by atoms with Crippen molar-refractivity contribution in [1.82, 2.24) is 9.97 Å². The average Bonchev–Trinajstić information content (AvgIpc) is 2.54. The monoisotopic (exact) mass is 365 g/mol. The Morgan fingerprint density at radius 2 is 2.08 bits per heavy atom. The molecule has 1 aromatic rings. The van der Waals surface area contributed by atoms with Crippen LogP contribution in [0.3, 0.4) is 0 Å². The molecule has 0 spiro atoms. The predicted molar refractivity (Wildman–Crippen MR) is 83.0 cm³/mol. The van der Waals surface area contributed by atoms with Gasteiger partial charge in [-0.1, -0.05) is 11.6 Å². The third-order valence-electron chi connectivity index (χ3n) is 3.87. The average molecular weight is 366 g/mol. The van der Waals surface area contributed by atoms with Gasteiger partial charge >= 0.3 is 12.1 Å². The summed E-state index contributed by atoms with van der Waals surface area (Å²) >= 11 is 5.84. The fourth-order valence-electron chi connectivity index (χ4n) is 2.58. The molecule has 0 N–H and O–H groups in total. The number of hydrogen-bond acceptors (Lipinski definition) is 5. The second-order valence-electron chi connectivity index (χ2n) is 5.59. The first-order valence-electron chi connectivity index (χ1n) is 7.80. The van der Waals surface area contributed by atoms with Crippen LogP contribution in [-0.2, 0) is 16.0 Å². The van der Waals surface area contributed by atoms with Gasteiger partial charge in [0.1, 0.15) is 5.82 Å². The molecule has 2 heterocycles. The van der Waals surface area contributed by atoms with Crippen LogP contribution < -0.4 is 4.90 Å². The highest BCUT2D eigenvalue weighted by Crippen LogP contribution is 2.27. The predicted octanol–water partition coefficient (Wildman–Crippen LogP) is 3.40. The second kappa shape index (κ2) is 8.00. The maximum atomic E-state index is 12.4. The molecule has 0 atom stereocenters. The number of rotatable bonds is 5. The Hall–Kier alpha value is -1.57. The van der Waals surface area contributed by atoms with E-state index in [1.807, 2.05) is 4.90 Å². The summed E-state index contributed by atoms with van der Waals surface area (Å²) < 4.78 is 42.1. The van der Waals surface area contributed by atoms with Crippen LogP contribution in [0.5, 0.6) is 0 Å². The van der Waals surface area contributed by atoms with E-state index in [1.165, 1.54) is 6.20 Å². The number of alkyl halides is 3. The number of aromatic nitrogens is 2. The number of carbonyl (C=O) groups is 1. The van der Waals surface area contributed by atoms with Crippen LogP contribution in [0.4, 0.5) is 19.0 Å². The molecule has 0 aliphatic carbocycles. The lowest BCUT2D eigenvalue weighted by Gasteiger charge is -2.31. The molecule has 1 aliphatic heterocycles. The molecular weight excluding hydrogens is 347 g/mol. The van der Waals surface area contributed by atoms with Gasteiger partial charge in [0.2, 0.25) is 0 Å². The second-order valence-corrected chi connectivity index (χ2v) is 5.95. The van der Waals surface area contributed by atoms with Crippen molar-refractivity contribution >= 4 is 23.4 Å². The van der Waals surface area contributed by atoms with Gasteiger partial charge in [-0.15, -0.1) is 0 Å². The summed E-state index contributed by atoms with van der Waals surface area (Å²) in [5, 5.41) is -0.00981. The Bertz CT molecular complexity index is 576. The third kappa shape index (κ3) is 5.22. The Morgan fingerprint density at radius 3 is 2.67 bits per heavy atom. The van der Waals surface area contributed by atoms with E-state index in [-0.39, 0.29) is 29.2 Å². The van der Waals surface area contributed by atoms with Crippen molar-refractivity contribution in [1.29, 1.82) is 0 Å². The standard InChI is InChI=1S/C15H19ClF3N3O2/c1-2-24-14(23)10-4-7-22(8-5-10)12-9-20-13(16)11(21-12)3-6-15(17,18)19/h9-10H,2-8H2,1H3. The first-order chi connectivity index (χ1) is 11.3. The van der Waals surface area contributed by atoms with Crippen LogP contribution in [0, 0.1) is 5.92 Å². The lowest BCUT2D eigenvalue weighted by molar-refractivity contribution is -0.148. The zero-order valence-electron chi connectivity index (χ0n) is 13.3. The van der Waals surface area contributed by atoms with Crippen molar-refractivity contribution in [3.8, 4) is 0 Å². The van der Waals surface area contributed by atoms with Crippen LogP contribution in [0.1, 0.15) is 31.9 Å². The zero-order chi connectivity index (χ0) is 17.7. The van der Waals surface area contributed by atoms with E-state index in [0.717, 1.165) is 0 Å². The first kappa shape index (κ1) is 18.8. The Balaban J connectivity index is 1.99. The maximum Gasteiger partial charge on any atom is 0.389 e. The Kier molecular flexibility index (Phi) is 6.26. The van der Waals surface area contributed by atoms with Gasteiger partial charge in [0.05, 0.1) is 24.4 Å². The summed E-state index contributed by atoms with van der Waals surface area (Å²) in [5.74, 6) is 0.134. The van der Waals surface area contributed by atoms with Gasteiger partial charge in [0.25, 0.3) is 0 Å². The largest absolute Gasteiger partial charge is 0.466 e. The SMILES string of the molecule is CCOC(=O)C1CCN(c2cnc(Cl)c(CCC(F)(F)F)n2)CC1. The number of carbonyl (C=O) groups excluding carboxylic acids is 1. The normalized spacial score (nSPS) is 16.3. The van der Waals surface area contributed by atoms with E-state index in [4.69, 9.17) is 16.3 Å². The first-order valence-corrected chi connectivity index (χ1v) is 8.17. The van der Waals surface area contributed by atoms with Crippen molar-refractivity contribution in [3.63, 3.8) is 0 Å². The van der Waals surface area contributed by atoms with Gasteiger partial charge in [0.15, 0.2) is 5.15 Å². The highest BCUT2D eigenvalue weighted by molar-refractivity contribution is 6.30. The van der Waals surface area contributed by atoms with E-state index >= 15 is 0 Å². The summed E-state index contributed by atoms with van der Waals surface area (Å²) in [6, 6.07) is 0. The van der Waals surface area contributed by atoms with Gasteiger partial charge in [-0.3, -0.25) is 4.79 Å². The molecule has 0 radical (unpaired) electrons. The van der Waals surface area contributed by atoms with Crippen molar-refractivity contribution in [2.45, 2.75) is 38.8 Å². The van der Waals surface area contributed by atoms with E-state index in [1.54, 1.807) is 6.92 Å². The smallest absolute Gasteiger partial charge is 0.389 e. The quantitative estimate of drug-likeness (QED) is 0.748. The molecule has 0 aromatic carbocycles. The number of aryl methyl sites for hydroxylation is 1. The maximum absolute atomic E-state index is 12.4. The molecule has 1 saturated heterocycles. The molecule has 1 fully saturated rings. The Labute approximate surface area is 143 Å². The minimum Gasteiger partial charge on any atom is -0.466 e. The van der Waals surface area contributed by atoms with Crippen molar-refractivity contribution in [2.24, 2.45) is 5.92 Å². The van der Waals surface area contributed by atoms with Crippen molar-refractivity contribution in [2.75, 3.05) is 24.6 Å². The Morgan fingerprint density at radius 1 is 1.42 bits per heavy atom. The number of piperidine rings is 1. The molecule has 0 saturated carbocycles. The molecule has 134 valence electrons. The van der Waals surface area contributed by atoms with Crippen LogP contribution in [0.15, 0.2) is 6.20 Å². The van der Waals surface area contributed by atoms with Crippen molar-refractivity contribution in [3.05, 3.63) is 17.0 Å². The van der Waals surface area contributed by atoms with Gasteiger partial charge < -0.3 is 9.64 Å². The number of anilines is 1. The minimum atomic E-state index is -4.26. The van der Waals surface area contributed by atoms with Gasteiger partial charge in [-0.2, -0.15) is 13.2 Å². The van der Waals surface area contributed by atoms with E-state index in [2.05, 4.69) is 9.97 Å². The fraction of sp³-hybridized carbons (Fsp3) is 0.667. The molecular formula is C15H19ClF3N3O2. The molecule has 1 aliphatic rings. The van der Waals surface area contributed by atoms with Gasteiger partial charge in [-0.05, 0) is 19.8 Å². The number of nitrogens with zero attached hydrogens (tertiary/aromatic N) is 3. The summed E-state index contributed by atoms with van der Waals surface area (Å²) in [6.07, 6.45) is -2.89. The number of halogens is 4. The number of ether oxygens (including phenoxy) is 1. The summed E-state index contributed by atoms with van der Waals surface area (Å²) in [5.41, 5.74) is 0.138. The van der Waals surface area contributed by atoms with E-state index < -0.39 is 12.6 Å². The molecule has 2 rings (SSSR count). The fourth-order valence-corrected chi connectivity index (χ4v) is 2.76. The molecule has 0 amide bonds. The zero-order valence-corrected chi connectivity index (χ0v) is 14.0. The lowest BCUT2D eigenvalue weighted by atomic mass is 9.97. The van der Waals surface area contributed by atoms with E-state index in [0.29, 0.717) is 38.4 Å². The summed E-state index contributed by atoms with van der Waals surface area (Å²) in [6.45, 7) is 3.25. The molecule has 5 nitrogen and oxygen atoms in total. The van der Waals surface area contributed by atoms with Gasteiger partial charge in [-0.25, -0.2) is 9.97 Å². The molecule has 0 unspecified atom stereocenters. The molecule has 0 bridgehead atoms. The number of hydrogen-bond donors (Lipinski definition) is 0. The summed E-state index contributed by atoms with van der Waals surface area (Å²) in [4.78, 5) is 21.8. The molecule has 9 heteroatoms. The minimum absolute atomic E-state index is 0.00981. The third-order valence-corrected chi connectivity index (χ3v) is 4.18. The van der Waals surface area contributed by atoms with Crippen LogP contribution in [0.25, 0.3) is 0 Å². The van der Waals surface area contributed by atoms with Crippen LogP contribution in [0.2, 0.25) is 5.15 Å². The van der Waals surface area contributed by atoms with Gasteiger partial charge in [0, 0.05) is 25.9 Å². The molecule has 1 aromatic heterocycles. The van der Waals surface area contributed by atoms with E-state index in [9.17, 15) is 18.0 Å². The topological polar surface area (TPSA) is 55.3 Å². The van der Waals surface area contributed by atoms with Crippen LogP contribution in [-0.4, -0.2) is 41.8 Å². The van der Waals surface area contributed by atoms with Crippen LogP contribution >= 0.6 is 11.6 Å². The highest BCUT2D eigenvalue weighted by atomic mass is 35.5. The van der Waals surface area contributed by atoms with Crippen molar-refractivity contribution < 1.29 is 22.7 Å². The molecule has 24 heavy (non-hydrogen) atoms. The highest BCUT2D eigenvalue weighted by Gasteiger charge is 2.29.